The molecule has 2 N–H and O–H groups in total. The van der Waals surface area contributed by atoms with E-state index in [9.17, 15) is 9.59 Å². The molecule has 1 unspecified atom stereocenters. The van der Waals surface area contributed by atoms with Crippen LogP contribution in [0.5, 0.6) is 0 Å². The van der Waals surface area contributed by atoms with Crippen molar-refractivity contribution in [2.24, 2.45) is 0 Å². The number of benzene rings is 2. The van der Waals surface area contributed by atoms with Crippen LogP contribution in [0.4, 0.5) is 4.79 Å². The fraction of sp³-hybridized carbons (Fsp3) is 0.263. The maximum atomic E-state index is 12.6. The fourth-order valence-electron chi connectivity index (χ4n) is 2.56. The smallest absolute Gasteiger partial charge is 0.321 e. The summed E-state index contributed by atoms with van der Waals surface area (Å²) in [5.41, 5.74) is 3.14. The summed E-state index contributed by atoms with van der Waals surface area (Å²) >= 11 is 0. The Balaban J connectivity index is 2.22. The van der Waals surface area contributed by atoms with Crippen molar-refractivity contribution in [3.05, 3.63) is 71.3 Å². The van der Waals surface area contributed by atoms with Crippen LogP contribution in [0, 0.1) is 6.92 Å². The van der Waals surface area contributed by atoms with Crippen molar-refractivity contribution >= 4 is 11.9 Å². The van der Waals surface area contributed by atoms with E-state index in [-0.39, 0.29) is 5.91 Å². The summed E-state index contributed by atoms with van der Waals surface area (Å²) in [4.78, 5) is 26.0. The Bertz CT molecular complexity index is 684. The van der Waals surface area contributed by atoms with Gasteiger partial charge in [-0.15, -0.1) is 0 Å². The minimum absolute atomic E-state index is 0.352. The van der Waals surface area contributed by atoms with Gasteiger partial charge in [0.05, 0.1) is 0 Å². The van der Waals surface area contributed by atoms with E-state index in [0.717, 1.165) is 11.1 Å². The van der Waals surface area contributed by atoms with E-state index in [0.29, 0.717) is 6.54 Å². The van der Waals surface area contributed by atoms with E-state index in [4.69, 9.17) is 0 Å². The van der Waals surface area contributed by atoms with Gasteiger partial charge in [-0.3, -0.25) is 15.0 Å². The van der Waals surface area contributed by atoms with Gasteiger partial charge in [-0.05, 0) is 25.1 Å². The van der Waals surface area contributed by atoms with E-state index in [1.165, 1.54) is 12.6 Å². The quantitative estimate of drug-likeness (QED) is 0.888. The standard InChI is InChI=1S/C19H23N3O2/c1-14-9-11-15(12-10-14)13-22(3)17(16-7-5-4-6-8-16)18(23)21-19(24)20-2/h4-12,17H,13H2,1-3H3,(H2,20,21,23,24). The first-order chi connectivity index (χ1) is 11.5. The van der Waals surface area contributed by atoms with Crippen LogP contribution in [0.15, 0.2) is 54.6 Å². The van der Waals surface area contributed by atoms with Crippen molar-refractivity contribution in [3.63, 3.8) is 0 Å². The van der Waals surface area contributed by atoms with E-state index >= 15 is 0 Å². The average Bonchev–Trinajstić information content (AvgIpc) is 2.58. The Hall–Kier alpha value is -2.66. The maximum absolute atomic E-state index is 12.6. The topological polar surface area (TPSA) is 61.4 Å². The number of nitrogens with zero attached hydrogens (tertiary/aromatic N) is 1. The van der Waals surface area contributed by atoms with Crippen LogP contribution >= 0.6 is 0 Å². The van der Waals surface area contributed by atoms with Crippen LogP contribution < -0.4 is 10.6 Å². The van der Waals surface area contributed by atoms with Crippen LogP contribution in [0.2, 0.25) is 0 Å². The monoisotopic (exact) mass is 325 g/mol. The molecule has 0 aliphatic carbocycles. The number of aryl methyl sites for hydroxylation is 1. The summed E-state index contributed by atoms with van der Waals surface area (Å²) in [7, 11) is 3.36. The Morgan fingerprint density at radius 2 is 1.67 bits per heavy atom. The third-order valence-electron chi connectivity index (χ3n) is 3.82. The van der Waals surface area contributed by atoms with Crippen molar-refractivity contribution in [3.8, 4) is 0 Å². The van der Waals surface area contributed by atoms with Gasteiger partial charge in [-0.2, -0.15) is 0 Å². The number of rotatable bonds is 5. The number of hydrogen-bond donors (Lipinski definition) is 2. The van der Waals surface area contributed by atoms with Crippen molar-refractivity contribution < 1.29 is 9.59 Å². The van der Waals surface area contributed by atoms with Gasteiger partial charge in [0.1, 0.15) is 6.04 Å². The normalized spacial score (nSPS) is 11.8. The van der Waals surface area contributed by atoms with Crippen molar-refractivity contribution in [2.45, 2.75) is 19.5 Å². The van der Waals surface area contributed by atoms with E-state index in [2.05, 4.69) is 10.6 Å². The van der Waals surface area contributed by atoms with Gasteiger partial charge in [0.15, 0.2) is 0 Å². The second-order valence-corrected chi connectivity index (χ2v) is 5.78. The van der Waals surface area contributed by atoms with Crippen LogP contribution in [0.1, 0.15) is 22.7 Å². The number of likely N-dealkylation sites (N-methyl/N-ethyl adjacent to an activating group) is 1. The largest absolute Gasteiger partial charge is 0.341 e. The molecule has 5 nitrogen and oxygen atoms in total. The number of urea groups is 1. The number of carbonyl (C=O) groups is 2. The molecule has 0 aliphatic rings. The van der Waals surface area contributed by atoms with Gasteiger partial charge in [-0.1, -0.05) is 60.2 Å². The van der Waals surface area contributed by atoms with E-state index in [1.54, 1.807) is 0 Å². The minimum Gasteiger partial charge on any atom is -0.341 e. The molecule has 0 saturated heterocycles. The van der Waals surface area contributed by atoms with Gasteiger partial charge in [0.2, 0.25) is 5.91 Å². The lowest BCUT2D eigenvalue weighted by molar-refractivity contribution is -0.125. The number of carbonyl (C=O) groups excluding carboxylic acids is 2. The highest BCUT2D eigenvalue weighted by atomic mass is 16.2. The lowest BCUT2D eigenvalue weighted by Gasteiger charge is -2.27. The van der Waals surface area contributed by atoms with Crippen LogP contribution in [-0.4, -0.2) is 30.9 Å². The molecule has 0 aromatic heterocycles. The van der Waals surface area contributed by atoms with Gasteiger partial charge in [0, 0.05) is 13.6 Å². The summed E-state index contributed by atoms with van der Waals surface area (Å²) < 4.78 is 0. The van der Waals surface area contributed by atoms with Gasteiger partial charge < -0.3 is 5.32 Å². The van der Waals surface area contributed by atoms with Crippen LogP contribution in [0.3, 0.4) is 0 Å². The summed E-state index contributed by atoms with van der Waals surface area (Å²) in [6, 6.07) is 16.6. The third-order valence-corrected chi connectivity index (χ3v) is 3.82. The first kappa shape index (κ1) is 17.7. The van der Waals surface area contributed by atoms with Gasteiger partial charge in [-0.25, -0.2) is 4.79 Å². The Labute approximate surface area is 142 Å². The molecular weight excluding hydrogens is 302 g/mol. The summed E-state index contributed by atoms with van der Waals surface area (Å²) in [6.45, 7) is 2.64. The van der Waals surface area contributed by atoms with Crippen LogP contribution in [0.25, 0.3) is 0 Å². The van der Waals surface area contributed by atoms with Gasteiger partial charge >= 0.3 is 6.03 Å². The molecule has 0 spiro atoms. The molecule has 24 heavy (non-hydrogen) atoms. The molecule has 0 aliphatic heterocycles. The molecule has 3 amide bonds. The molecule has 0 radical (unpaired) electrons. The molecule has 2 aromatic carbocycles. The zero-order valence-electron chi connectivity index (χ0n) is 14.2. The first-order valence-electron chi connectivity index (χ1n) is 7.84. The zero-order valence-corrected chi connectivity index (χ0v) is 14.2. The molecule has 126 valence electrons. The fourth-order valence-corrected chi connectivity index (χ4v) is 2.56. The lowest BCUT2D eigenvalue weighted by Crippen LogP contribution is -2.44. The molecule has 0 bridgehead atoms. The predicted molar refractivity (Wildman–Crippen MR) is 94.4 cm³/mol. The molecule has 5 heteroatoms. The molecular formula is C19H23N3O2. The highest BCUT2D eigenvalue weighted by molar-refractivity contribution is 5.97. The molecule has 0 saturated carbocycles. The number of hydrogen-bond acceptors (Lipinski definition) is 3. The highest BCUT2D eigenvalue weighted by Gasteiger charge is 2.26. The third kappa shape index (κ3) is 4.67. The van der Waals surface area contributed by atoms with Crippen molar-refractivity contribution in [1.29, 1.82) is 0 Å². The highest BCUT2D eigenvalue weighted by Crippen LogP contribution is 2.21. The van der Waals surface area contributed by atoms with E-state index < -0.39 is 12.1 Å². The number of amides is 3. The lowest BCUT2D eigenvalue weighted by atomic mass is 10.0. The maximum Gasteiger partial charge on any atom is 0.321 e. The SMILES string of the molecule is CNC(=O)NC(=O)C(c1ccccc1)N(C)Cc1ccc(C)cc1. The zero-order chi connectivity index (χ0) is 17.5. The minimum atomic E-state index is -0.551. The number of imide groups is 1. The van der Waals surface area contributed by atoms with Crippen molar-refractivity contribution in [2.75, 3.05) is 14.1 Å². The summed E-state index contributed by atoms with van der Waals surface area (Å²) in [5, 5.41) is 4.78. The molecule has 0 heterocycles. The molecule has 1 atom stereocenters. The summed E-state index contributed by atoms with van der Waals surface area (Å²) in [6.07, 6.45) is 0. The second kappa shape index (κ2) is 8.26. The average molecular weight is 325 g/mol. The molecule has 2 rings (SSSR count). The Morgan fingerprint density at radius 3 is 2.25 bits per heavy atom. The Morgan fingerprint density at radius 1 is 1.04 bits per heavy atom. The summed E-state index contributed by atoms with van der Waals surface area (Å²) in [5.74, 6) is -0.352. The van der Waals surface area contributed by atoms with Crippen LogP contribution in [-0.2, 0) is 11.3 Å². The second-order valence-electron chi connectivity index (χ2n) is 5.78. The number of nitrogens with one attached hydrogen (secondary N) is 2. The molecule has 2 aromatic rings. The predicted octanol–water partition coefficient (Wildman–Crippen LogP) is 2.62. The Kier molecular flexibility index (Phi) is 6.09. The first-order valence-corrected chi connectivity index (χ1v) is 7.84. The van der Waals surface area contributed by atoms with E-state index in [1.807, 2.05) is 73.5 Å². The molecule has 0 fully saturated rings. The van der Waals surface area contributed by atoms with Gasteiger partial charge in [0.25, 0.3) is 0 Å². The van der Waals surface area contributed by atoms with Crippen molar-refractivity contribution in [1.82, 2.24) is 15.5 Å².